The first kappa shape index (κ1) is 8.77. The number of rotatable bonds is 0. The van der Waals surface area contributed by atoms with Gasteiger partial charge in [-0.3, -0.25) is 4.99 Å². The highest BCUT2D eigenvalue weighted by molar-refractivity contribution is 6.25. The Morgan fingerprint density at radius 1 is 1.62 bits per heavy atom. The van der Waals surface area contributed by atoms with Crippen molar-refractivity contribution >= 4 is 17.3 Å². The largest absolute Gasteiger partial charge is 0.261 e. The van der Waals surface area contributed by atoms with Crippen LogP contribution >= 0.6 is 11.6 Å². The molecule has 1 aliphatic carbocycles. The Labute approximate surface area is 82.9 Å². The van der Waals surface area contributed by atoms with Crippen molar-refractivity contribution in [2.75, 3.05) is 0 Å². The maximum absolute atomic E-state index is 8.89. The quantitative estimate of drug-likeness (QED) is 0.546. The maximum atomic E-state index is 8.89. The van der Waals surface area contributed by atoms with Crippen LogP contribution in [0.25, 0.3) is 0 Å². The lowest BCUT2D eigenvalue weighted by molar-refractivity contribution is 0.660. The second-order valence-electron chi connectivity index (χ2n) is 3.61. The Balaban J connectivity index is 2.41. The smallest absolute Gasteiger partial charge is 0.0982 e. The van der Waals surface area contributed by atoms with Crippen molar-refractivity contribution in [3.8, 4) is 6.07 Å². The molecule has 2 aliphatic rings. The van der Waals surface area contributed by atoms with E-state index in [0.717, 1.165) is 18.5 Å². The van der Waals surface area contributed by atoms with Crippen molar-refractivity contribution in [2.45, 2.75) is 31.6 Å². The number of alkyl halides is 1. The Morgan fingerprint density at radius 3 is 3.08 bits per heavy atom. The Bertz CT molecular complexity index is 335. The van der Waals surface area contributed by atoms with Gasteiger partial charge in [0.25, 0.3) is 0 Å². The van der Waals surface area contributed by atoms with E-state index in [4.69, 9.17) is 16.9 Å². The highest BCUT2D eigenvalue weighted by atomic mass is 35.5. The third-order valence-corrected chi connectivity index (χ3v) is 3.35. The number of hydrogen-bond donors (Lipinski definition) is 0. The van der Waals surface area contributed by atoms with Crippen molar-refractivity contribution in [1.82, 2.24) is 0 Å². The molecular formula is C10H11ClN2. The summed E-state index contributed by atoms with van der Waals surface area (Å²) in [4.78, 5) is 4.44. The SMILES string of the molecule is CC1=C(C#N)C(Cl)C2CCCC2=N1. The van der Waals surface area contributed by atoms with Gasteiger partial charge in [0, 0.05) is 11.6 Å². The predicted octanol–water partition coefficient (Wildman–Crippen LogP) is 2.65. The molecule has 3 heteroatoms. The molecule has 0 aromatic rings. The van der Waals surface area contributed by atoms with Gasteiger partial charge in [-0.25, -0.2) is 0 Å². The zero-order valence-electron chi connectivity index (χ0n) is 7.55. The van der Waals surface area contributed by atoms with Gasteiger partial charge in [-0.1, -0.05) is 0 Å². The summed E-state index contributed by atoms with van der Waals surface area (Å²) in [5.41, 5.74) is 2.68. The van der Waals surface area contributed by atoms with Crippen LogP contribution in [-0.2, 0) is 0 Å². The molecule has 0 amide bonds. The van der Waals surface area contributed by atoms with E-state index in [0.29, 0.717) is 11.5 Å². The van der Waals surface area contributed by atoms with Crippen molar-refractivity contribution < 1.29 is 0 Å². The highest BCUT2D eigenvalue weighted by Crippen LogP contribution is 2.37. The molecule has 1 heterocycles. The van der Waals surface area contributed by atoms with Crippen molar-refractivity contribution in [3.05, 3.63) is 11.3 Å². The molecule has 0 spiro atoms. The average Bonchev–Trinajstić information content (AvgIpc) is 2.53. The first-order chi connectivity index (χ1) is 6.24. The van der Waals surface area contributed by atoms with Crippen LogP contribution in [0.1, 0.15) is 26.2 Å². The molecule has 0 saturated heterocycles. The first-order valence-electron chi connectivity index (χ1n) is 4.56. The lowest BCUT2D eigenvalue weighted by Gasteiger charge is -2.22. The van der Waals surface area contributed by atoms with Gasteiger partial charge in [-0.2, -0.15) is 5.26 Å². The van der Waals surface area contributed by atoms with Crippen LogP contribution in [0.4, 0.5) is 0 Å². The van der Waals surface area contributed by atoms with Crippen LogP contribution in [0.5, 0.6) is 0 Å². The normalized spacial score (nSPS) is 32.5. The van der Waals surface area contributed by atoms with Gasteiger partial charge < -0.3 is 0 Å². The van der Waals surface area contributed by atoms with Gasteiger partial charge >= 0.3 is 0 Å². The van der Waals surface area contributed by atoms with E-state index in [1.807, 2.05) is 6.92 Å². The molecule has 0 aromatic heterocycles. The molecule has 13 heavy (non-hydrogen) atoms. The Kier molecular flexibility index (Phi) is 2.13. The molecule has 0 bridgehead atoms. The van der Waals surface area contributed by atoms with Gasteiger partial charge in [0.2, 0.25) is 0 Å². The summed E-state index contributed by atoms with van der Waals surface area (Å²) in [6.45, 7) is 1.87. The zero-order chi connectivity index (χ0) is 9.42. The number of aliphatic imine (C=N–C) groups is 1. The second kappa shape index (κ2) is 3.16. The van der Waals surface area contributed by atoms with Gasteiger partial charge in [0.15, 0.2) is 0 Å². The number of halogens is 1. The van der Waals surface area contributed by atoms with E-state index in [1.54, 1.807) is 0 Å². The minimum absolute atomic E-state index is 0.125. The summed E-state index contributed by atoms with van der Waals surface area (Å²) in [5.74, 6) is 0.333. The summed E-state index contributed by atoms with van der Waals surface area (Å²) in [7, 11) is 0. The average molecular weight is 195 g/mol. The molecule has 1 aliphatic heterocycles. The molecular weight excluding hydrogens is 184 g/mol. The molecule has 2 rings (SSSR count). The fourth-order valence-corrected chi connectivity index (χ4v) is 2.61. The topological polar surface area (TPSA) is 36.1 Å². The van der Waals surface area contributed by atoms with Crippen LogP contribution in [0, 0.1) is 17.2 Å². The fourth-order valence-electron chi connectivity index (χ4n) is 2.13. The van der Waals surface area contributed by atoms with Crippen LogP contribution in [0.3, 0.4) is 0 Å². The Morgan fingerprint density at radius 2 is 2.38 bits per heavy atom. The molecule has 0 aromatic carbocycles. The van der Waals surface area contributed by atoms with Gasteiger partial charge in [-0.15, -0.1) is 11.6 Å². The molecule has 2 unspecified atom stereocenters. The van der Waals surface area contributed by atoms with E-state index in [1.165, 1.54) is 12.1 Å². The van der Waals surface area contributed by atoms with E-state index in [2.05, 4.69) is 11.1 Å². The van der Waals surface area contributed by atoms with Crippen LogP contribution in [0.2, 0.25) is 0 Å². The van der Waals surface area contributed by atoms with Crippen molar-refractivity contribution in [3.63, 3.8) is 0 Å². The molecule has 68 valence electrons. The van der Waals surface area contributed by atoms with Crippen LogP contribution < -0.4 is 0 Å². The van der Waals surface area contributed by atoms with Crippen molar-refractivity contribution in [1.29, 1.82) is 5.26 Å². The highest BCUT2D eigenvalue weighted by Gasteiger charge is 2.35. The van der Waals surface area contributed by atoms with Crippen molar-refractivity contribution in [2.24, 2.45) is 10.9 Å². The molecule has 0 radical (unpaired) electrons. The van der Waals surface area contributed by atoms with Crippen LogP contribution in [-0.4, -0.2) is 11.1 Å². The number of allylic oxidation sites excluding steroid dienone is 2. The summed E-state index contributed by atoms with van der Waals surface area (Å²) in [6.07, 6.45) is 3.31. The van der Waals surface area contributed by atoms with Gasteiger partial charge in [-0.05, 0) is 26.2 Å². The predicted molar refractivity (Wildman–Crippen MR) is 52.7 cm³/mol. The number of fused-ring (bicyclic) bond motifs is 1. The summed E-state index contributed by atoms with van der Waals surface area (Å²) in [5, 5.41) is 8.77. The third-order valence-electron chi connectivity index (χ3n) is 2.83. The lowest BCUT2D eigenvalue weighted by Crippen LogP contribution is -2.25. The second-order valence-corrected chi connectivity index (χ2v) is 4.08. The molecule has 2 nitrogen and oxygen atoms in total. The maximum Gasteiger partial charge on any atom is 0.0982 e. The van der Waals surface area contributed by atoms with E-state index in [-0.39, 0.29) is 5.38 Å². The number of hydrogen-bond acceptors (Lipinski definition) is 2. The summed E-state index contributed by atoms with van der Waals surface area (Å²) >= 11 is 6.22. The number of nitrogens with zero attached hydrogens (tertiary/aromatic N) is 2. The number of nitriles is 1. The van der Waals surface area contributed by atoms with E-state index >= 15 is 0 Å². The van der Waals surface area contributed by atoms with Crippen LogP contribution in [0.15, 0.2) is 16.3 Å². The first-order valence-corrected chi connectivity index (χ1v) is 5.00. The monoisotopic (exact) mass is 194 g/mol. The standard InChI is InChI=1S/C10H11ClN2/c1-6-8(5-12)10(11)7-3-2-4-9(7)13-6/h7,10H,2-4H2,1H3. The summed E-state index contributed by atoms with van der Waals surface area (Å²) < 4.78 is 0. The van der Waals surface area contributed by atoms with Gasteiger partial charge in [0.05, 0.1) is 22.7 Å². The molecule has 1 fully saturated rings. The fraction of sp³-hybridized carbons (Fsp3) is 0.600. The van der Waals surface area contributed by atoms with Gasteiger partial charge in [0.1, 0.15) is 0 Å². The molecule has 1 saturated carbocycles. The minimum atomic E-state index is -0.125. The Hall–Kier alpha value is -0.810. The molecule has 2 atom stereocenters. The minimum Gasteiger partial charge on any atom is -0.261 e. The van der Waals surface area contributed by atoms with E-state index in [9.17, 15) is 0 Å². The van der Waals surface area contributed by atoms with E-state index < -0.39 is 0 Å². The summed E-state index contributed by atoms with van der Waals surface area (Å²) in [6, 6.07) is 2.16. The lowest BCUT2D eigenvalue weighted by atomic mass is 9.93. The third kappa shape index (κ3) is 1.28. The zero-order valence-corrected chi connectivity index (χ0v) is 8.30. The molecule has 0 N–H and O–H groups in total.